The molecule has 0 radical (unpaired) electrons. The molecule has 7 nitrogen and oxygen atoms in total. The maximum Gasteiger partial charge on any atom is 0.186 e. The minimum Gasteiger partial charge on any atom is -0.394 e. The fraction of sp³-hybridized carbons (Fsp3) is 1.00. The first-order valence-electron chi connectivity index (χ1n) is 9.16. The van der Waals surface area contributed by atoms with Gasteiger partial charge in [0.05, 0.1) is 25.4 Å². The van der Waals surface area contributed by atoms with Gasteiger partial charge in [0.1, 0.15) is 24.4 Å². The van der Waals surface area contributed by atoms with Crippen LogP contribution in [-0.4, -0.2) is 76.6 Å². The summed E-state index contributed by atoms with van der Waals surface area (Å²) in [7, 11) is 0. The smallest absolute Gasteiger partial charge is 0.186 e. The predicted molar refractivity (Wildman–Crippen MR) is 84.2 cm³/mol. The van der Waals surface area contributed by atoms with Crippen LogP contribution >= 0.6 is 0 Å². The van der Waals surface area contributed by atoms with Crippen LogP contribution in [0.15, 0.2) is 0 Å². The van der Waals surface area contributed by atoms with E-state index in [1.54, 1.807) is 0 Å². The van der Waals surface area contributed by atoms with E-state index < -0.39 is 37.3 Å². The molecule has 0 aromatic rings. The van der Waals surface area contributed by atoms with Gasteiger partial charge in [-0.1, -0.05) is 12.8 Å². The molecule has 7 heteroatoms. The molecule has 7 atom stereocenters. The summed E-state index contributed by atoms with van der Waals surface area (Å²) in [4.78, 5) is 0. The highest BCUT2D eigenvalue weighted by Crippen LogP contribution is 2.33. The maximum absolute atomic E-state index is 9.97. The third kappa shape index (κ3) is 4.27. The van der Waals surface area contributed by atoms with E-state index in [1.165, 1.54) is 25.7 Å². The fourth-order valence-corrected chi connectivity index (χ4v) is 4.04. The predicted octanol–water partition coefficient (Wildman–Crippen LogP) is -0.0692. The van der Waals surface area contributed by atoms with Crippen molar-refractivity contribution in [2.75, 3.05) is 13.2 Å². The molecule has 1 heterocycles. The molecule has 0 aromatic heterocycles. The monoisotopic (exact) mass is 346 g/mol. The molecular formula is C17H30O7. The van der Waals surface area contributed by atoms with Gasteiger partial charge in [-0.2, -0.15) is 0 Å². The summed E-state index contributed by atoms with van der Waals surface area (Å²) in [5.41, 5.74) is 0. The fourth-order valence-electron chi connectivity index (χ4n) is 4.04. The molecule has 3 aliphatic rings. The van der Waals surface area contributed by atoms with Crippen LogP contribution < -0.4 is 0 Å². The average molecular weight is 346 g/mol. The Morgan fingerprint density at radius 3 is 2.33 bits per heavy atom. The van der Waals surface area contributed by atoms with Crippen molar-refractivity contribution in [3.63, 3.8) is 0 Å². The Bertz CT molecular complexity index is 385. The number of aliphatic hydroxyl groups is 4. The number of ether oxygens (including phenoxy) is 3. The van der Waals surface area contributed by atoms with Gasteiger partial charge < -0.3 is 34.6 Å². The maximum atomic E-state index is 9.97. The lowest BCUT2D eigenvalue weighted by Gasteiger charge is -2.39. The van der Waals surface area contributed by atoms with Crippen LogP contribution in [0.1, 0.15) is 44.9 Å². The Kier molecular flexibility index (Phi) is 6.48. The number of hydrogen-bond acceptors (Lipinski definition) is 7. The highest BCUT2D eigenvalue weighted by atomic mass is 16.7. The molecule has 0 aromatic carbocycles. The van der Waals surface area contributed by atoms with Gasteiger partial charge in [0, 0.05) is 0 Å². The van der Waals surface area contributed by atoms with E-state index in [1.807, 2.05) is 0 Å². The highest BCUT2D eigenvalue weighted by Gasteiger charge is 2.44. The van der Waals surface area contributed by atoms with Gasteiger partial charge in [-0.25, -0.2) is 0 Å². The Balaban J connectivity index is 1.42. The van der Waals surface area contributed by atoms with Crippen LogP contribution in [0.3, 0.4) is 0 Å². The zero-order valence-electron chi connectivity index (χ0n) is 14.0. The molecule has 0 spiro atoms. The van der Waals surface area contributed by atoms with Crippen molar-refractivity contribution in [1.29, 1.82) is 0 Å². The van der Waals surface area contributed by atoms with Gasteiger partial charge >= 0.3 is 0 Å². The number of aliphatic hydroxyl groups excluding tert-OH is 4. The van der Waals surface area contributed by atoms with Gasteiger partial charge in [-0.05, 0) is 38.0 Å². The third-order valence-electron chi connectivity index (χ3n) is 5.52. The SMILES string of the molecule is OC[C@H]1O[C@@H](OCC2CCC(OC3CCCC3)C2)[C@H](O)[C@@H](O)[C@H]1O. The molecule has 0 bridgehead atoms. The average Bonchev–Trinajstić information content (AvgIpc) is 3.24. The van der Waals surface area contributed by atoms with Crippen LogP contribution in [-0.2, 0) is 14.2 Å². The van der Waals surface area contributed by atoms with Gasteiger partial charge in [0.15, 0.2) is 6.29 Å². The Hall–Kier alpha value is -0.280. The van der Waals surface area contributed by atoms with Crippen molar-refractivity contribution >= 4 is 0 Å². The van der Waals surface area contributed by atoms with E-state index in [-0.39, 0.29) is 6.10 Å². The molecule has 2 saturated carbocycles. The van der Waals surface area contributed by atoms with Crippen molar-refractivity contribution in [2.45, 2.75) is 87.9 Å². The second-order valence-corrected chi connectivity index (χ2v) is 7.37. The van der Waals surface area contributed by atoms with E-state index >= 15 is 0 Å². The third-order valence-corrected chi connectivity index (χ3v) is 5.52. The largest absolute Gasteiger partial charge is 0.394 e. The molecule has 1 aliphatic heterocycles. The van der Waals surface area contributed by atoms with Crippen LogP contribution in [0, 0.1) is 5.92 Å². The van der Waals surface area contributed by atoms with Crippen LogP contribution in [0.2, 0.25) is 0 Å². The van der Waals surface area contributed by atoms with Crippen LogP contribution in [0.4, 0.5) is 0 Å². The summed E-state index contributed by atoms with van der Waals surface area (Å²) in [6.07, 6.45) is 2.54. The Labute approximate surface area is 142 Å². The molecular weight excluding hydrogens is 316 g/mol. The molecule has 1 saturated heterocycles. The molecule has 0 amide bonds. The van der Waals surface area contributed by atoms with Crippen LogP contribution in [0.25, 0.3) is 0 Å². The minimum absolute atomic E-state index is 0.288. The van der Waals surface area contributed by atoms with E-state index in [0.29, 0.717) is 18.6 Å². The van der Waals surface area contributed by atoms with Gasteiger partial charge in [0.25, 0.3) is 0 Å². The molecule has 3 fully saturated rings. The summed E-state index contributed by atoms with van der Waals surface area (Å²) >= 11 is 0. The van der Waals surface area contributed by atoms with Crippen molar-refractivity contribution in [1.82, 2.24) is 0 Å². The van der Waals surface area contributed by atoms with Crippen LogP contribution in [0.5, 0.6) is 0 Å². The van der Waals surface area contributed by atoms with Crippen molar-refractivity contribution in [3.05, 3.63) is 0 Å². The lowest BCUT2D eigenvalue weighted by Crippen LogP contribution is -2.59. The Morgan fingerprint density at radius 2 is 1.62 bits per heavy atom. The van der Waals surface area contributed by atoms with E-state index in [2.05, 4.69) is 0 Å². The quantitative estimate of drug-likeness (QED) is 0.533. The van der Waals surface area contributed by atoms with E-state index in [0.717, 1.165) is 19.3 Å². The summed E-state index contributed by atoms with van der Waals surface area (Å²) in [6, 6.07) is 0. The first-order valence-corrected chi connectivity index (χ1v) is 9.16. The molecule has 4 N–H and O–H groups in total. The molecule has 3 rings (SSSR count). The van der Waals surface area contributed by atoms with Gasteiger partial charge in [0.2, 0.25) is 0 Å². The molecule has 2 aliphatic carbocycles. The standard InChI is InChI=1S/C17H30O7/c18-8-13-14(19)15(20)16(21)17(24-13)22-9-10-5-6-12(7-10)23-11-3-1-2-4-11/h10-21H,1-9H2/t10?,12?,13-,14+,15+,16-,17-/m1/s1. The van der Waals surface area contributed by atoms with Crippen molar-refractivity contribution < 1.29 is 34.6 Å². The summed E-state index contributed by atoms with van der Waals surface area (Å²) in [5.74, 6) is 0.337. The zero-order valence-corrected chi connectivity index (χ0v) is 14.0. The van der Waals surface area contributed by atoms with Gasteiger partial charge in [-0.15, -0.1) is 0 Å². The topological polar surface area (TPSA) is 109 Å². The van der Waals surface area contributed by atoms with Crippen molar-refractivity contribution in [3.8, 4) is 0 Å². The number of hydrogen-bond donors (Lipinski definition) is 4. The van der Waals surface area contributed by atoms with Crippen molar-refractivity contribution in [2.24, 2.45) is 5.92 Å². The van der Waals surface area contributed by atoms with E-state index in [4.69, 9.17) is 14.2 Å². The lowest BCUT2D eigenvalue weighted by atomic mass is 9.99. The summed E-state index contributed by atoms with van der Waals surface area (Å²) in [6.45, 7) is -0.0290. The second kappa shape index (κ2) is 8.40. The van der Waals surface area contributed by atoms with Gasteiger partial charge in [-0.3, -0.25) is 0 Å². The Morgan fingerprint density at radius 1 is 0.875 bits per heavy atom. The second-order valence-electron chi connectivity index (χ2n) is 7.37. The minimum atomic E-state index is -1.39. The molecule has 2 unspecified atom stereocenters. The number of rotatable bonds is 6. The molecule has 140 valence electrons. The highest BCUT2D eigenvalue weighted by molar-refractivity contribution is 4.89. The molecule has 24 heavy (non-hydrogen) atoms. The summed E-state index contributed by atoms with van der Waals surface area (Å²) in [5, 5.41) is 38.7. The first-order chi connectivity index (χ1) is 11.6. The normalized spacial score (nSPS) is 44.2. The summed E-state index contributed by atoms with van der Waals surface area (Å²) < 4.78 is 17.1. The lowest BCUT2D eigenvalue weighted by molar-refractivity contribution is -0.303. The van der Waals surface area contributed by atoms with E-state index in [9.17, 15) is 20.4 Å². The first kappa shape index (κ1) is 18.5. The zero-order chi connectivity index (χ0) is 17.1.